The van der Waals surface area contributed by atoms with Crippen molar-refractivity contribution in [1.82, 2.24) is 15.0 Å². The maximum Gasteiger partial charge on any atom is 0.227 e. The number of aliphatic hydroxyl groups excluding tert-OH is 1. The number of nitrogens with zero attached hydrogens (tertiary/aromatic N) is 3. The molecule has 116 valence electrons. The van der Waals surface area contributed by atoms with Crippen LogP contribution in [0.4, 0.5) is 0 Å². The molecule has 0 aliphatic heterocycles. The number of aliphatic hydroxyl groups is 1. The first kappa shape index (κ1) is 15.0. The molecule has 0 saturated carbocycles. The Balaban J connectivity index is 2.26. The van der Waals surface area contributed by atoms with E-state index in [2.05, 4.69) is 16.8 Å². The number of carbonyl (C=O) groups excluding carboxylic acids is 1. The second kappa shape index (κ2) is 5.68. The number of carbonyl (C=O) groups is 1. The van der Waals surface area contributed by atoms with E-state index in [1.54, 1.807) is 10.9 Å². The Morgan fingerprint density at radius 2 is 1.83 bits per heavy atom. The minimum atomic E-state index is -0.469. The molecule has 0 aliphatic rings. The fourth-order valence-electron chi connectivity index (χ4n) is 2.67. The summed E-state index contributed by atoms with van der Waals surface area (Å²) < 4.78 is 0. The molecule has 1 heterocycles. The summed E-state index contributed by atoms with van der Waals surface area (Å²) in [4.78, 5) is 13.8. The van der Waals surface area contributed by atoms with Gasteiger partial charge in [-0.2, -0.15) is 4.80 Å². The highest BCUT2D eigenvalue weighted by Gasteiger charge is 2.19. The van der Waals surface area contributed by atoms with Crippen LogP contribution in [0.15, 0.2) is 48.7 Å². The number of rotatable bonds is 4. The van der Waals surface area contributed by atoms with Gasteiger partial charge in [-0.25, -0.2) is 0 Å². The first-order valence-electron chi connectivity index (χ1n) is 7.39. The van der Waals surface area contributed by atoms with Gasteiger partial charge in [0, 0.05) is 5.56 Å². The van der Waals surface area contributed by atoms with E-state index >= 15 is 0 Å². The van der Waals surface area contributed by atoms with Gasteiger partial charge in [0.2, 0.25) is 5.78 Å². The molecule has 0 unspecified atom stereocenters. The number of aromatic nitrogens is 3. The molecule has 0 saturated heterocycles. The van der Waals surface area contributed by atoms with Crippen molar-refractivity contribution in [3.05, 3.63) is 65.4 Å². The molecular formula is C18H17N3O2. The summed E-state index contributed by atoms with van der Waals surface area (Å²) in [6.07, 6.45) is 0.613. The van der Waals surface area contributed by atoms with Gasteiger partial charge < -0.3 is 5.11 Å². The van der Waals surface area contributed by atoms with E-state index < -0.39 is 11.5 Å². The summed E-state index contributed by atoms with van der Waals surface area (Å²) in [5.74, 6) is -0.932. The Bertz CT molecular complexity index is 892. The largest absolute Gasteiger partial charge is 0.505 e. The molecule has 3 rings (SSSR count). The van der Waals surface area contributed by atoms with E-state index in [9.17, 15) is 9.90 Å². The predicted molar refractivity (Wildman–Crippen MR) is 89.1 cm³/mol. The van der Waals surface area contributed by atoms with Gasteiger partial charge in [-0.15, -0.1) is 10.2 Å². The van der Waals surface area contributed by atoms with Crippen LogP contribution < -0.4 is 0 Å². The highest BCUT2D eigenvalue weighted by atomic mass is 16.3. The van der Waals surface area contributed by atoms with Crippen molar-refractivity contribution in [1.29, 1.82) is 0 Å². The zero-order chi connectivity index (χ0) is 16.6. The number of hydrogen-bond acceptors (Lipinski definition) is 4. The lowest BCUT2D eigenvalue weighted by molar-refractivity contribution is 0.0978. The lowest BCUT2D eigenvalue weighted by atomic mass is 9.96. The highest BCUT2D eigenvalue weighted by molar-refractivity contribution is 6.08. The summed E-state index contributed by atoms with van der Waals surface area (Å²) in [5.41, 5.74) is 4.44. The van der Waals surface area contributed by atoms with Crippen LogP contribution >= 0.6 is 0 Å². The van der Waals surface area contributed by atoms with E-state index in [-0.39, 0.29) is 0 Å². The van der Waals surface area contributed by atoms with Gasteiger partial charge in [-0.3, -0.25) is 4.79 Å². The molecule has 5 nitrogen and oxygen atoms in total. The standard InChI is InChI=1S/C18H17N3O2/c1-4-13-14(18(23)12(3)22)9-11(2)10-17(13)21-19-15-7-5-6-8-16(15)20-21/h5-10,22H,3-4H2,1-2H3. The highest BCUT2D eigenvalue weighted by Crippen LogP contribution is 2.24. The van der Waals surface area contributed by atoms with Crippen molar-refractivity contribution in [2.75, 3.05) is 0 Å². The van der Waals surface area contributed by atoms with Crippen molar-refractivity contribution >= 4 is 16.8 Å². The molecule has 1 aromatic heterocycles. The average molecular weight is 307 g/mol. The topological polar surface area (TPSA) is 68.0 Å². The van der Waals surface area contributed by atoms with Crippen LogP contribution in [-0.2, 0) is 6.42 Å². The Kier molecular flexibility index (Phi) is 3.70. The molecule has 5 heteroatoms. The first-order valence-corrected chi connectivity index (χ1v) is 7.39. The Labute approximate surface area is 133 Å². The third-order valence-electron chi connectivity index (χ3n) is 3.73. The smallest absolute Gasteiger partial charge is 0.227 e. The third kappa shape index (κ3) is 2.61. The van der Waals surface area contributed by atoms with E-state index in [1.165, 1.54) is 0 Å². The lowest BCUT2D eigenvalue weighted by Gasteiger charge is -2.13. The molecule has 0 atom stereocenters. The SMILES string of the molecule is C=C(O)C(=O)c1cc(C)cc(-n2nc3ccccc3n2)c1CC. The summed E-state index contributed by atoms with van der Waals surface area (Å²) >= 11 is 0. The molecule has 0 fully saturated rings. The van der Waals surface area contributed by atoms with Crippen LogP contribution in [0.3, 0.4) is 0 Å². The summed E-state index contributed by atoms with van der Waals surface area (Å²) in [6.45, 7) is 7.19. The lowest BCUT2D eigenvalue weighted by Crippen LogP contribution is -2.11. The van der Waals surface area contributed by atoms with E-state index in [1.807, 2.05) is 44.2 Å². The zero-order valence-electron chi connectivity index (χ0n) is 13.1. The summed E-state index contributed by atoms with van der Waals surface area (Å²) in [6, 6.07) is 11.3. The van der Waals surface area contributed by atoms with Gasteiger partial charge in [0.1, 0.15) is 11.0 Å². The van der Waals surface area contributed by atoms with Gasteiger partial charge in [-0.05, 0) is 48.7 Å². The molecule has 0 bridgehead atoms. The van der Waals surface area contributed by atoms with Crippen molar-refractivity contribution in [2.24, 2.45) is 0 Å². The van der Waals surface area contributed by atoms with Crippen LogP contribution in [0.1, 0.15) is 28.4 Å². The van der Waals surface area contributed by atoms with Gasteiger partial charge in [0.05, 0.1) is 5.69 Å². The second-order valence-corrected chi connectivity index (χ2v) is 5.42. The first-order chi connectivity index (χ1) is 11.0. The minimum absolute atomic E-state index is 0.441. The fraction of sp³-hybridized carbons (Fsp3) is 0.167. The van der Waals surface area contributed by atoms with Crippen molar-refractivity contribution in [3.63, 3.8) is 0 Å². The van der Waals surface area contributed by atoms with E-state index in [0.29, 0.717) is 12.0 Å². The second-order valence-electron chi connectivity index (χ2n) is 5.42. The Morgan fingerprint density at radius 1 is 1.22 bits per heavy atom. The molecule has 0 spiro atoms. The molecular weight excluding hydrogens is 290 g/mol. The van der Waals surface area contributed by atoms with Crippen LogP contribution in [0.25, 0.3) is 16.7 Å². The van der Waals surface area contributed by atoms with E-state index in [0.717, 1.165) is 27.8 Å². The number of Topliss-reactive ketones (excluding diaryl/α,β-unsaturated/α-hetero) is 1. The molecule has 2 aromatic carbocycles. The number of ketones is 1. The molecule has 1 N–H and O–H groups in total. The van der Waals surface area contributed by atoms with E-state index in [4.69, 9.17) is 0 Å². The normalized spacial score (nSPS) is 10.9. The van der Waals surface area contributed by atoms with Crippen LogP contribution in [-0.4, -0.2) is 25.9 Å². The fourth-order valence-corrected chi connectivity index (χ4v) is 2.67. The quantitative estimate of drug-likeness (QED) is 0.455. The van der Waals surface area contributed by atoms with Crippen LogP contribution in [0, 0.1) is 6.92 Å². The zero-order valence-corrected chi connectivity index (χ0v) is 13.1. The maximum atomic E-state index is 12.2. The number of fused-ring (bicyclic) bond motifs is 1. The monoisotopic (exact) mass is 307 g/mol. The number of allylic oxidation sites excluding steroid dienone is 1. The minimum Gasteiger partial charge on any atom is -0.505 e. The number of benzene rings is 2. The van der Waals surface area contributed by atoms with Crippen molar-refractivity contribution in [3.8, 4) is 5.69 Å². The summed E-state index contributed by atoms with van der Waals surface area (Å²) in [5, 5.41) is 18.5. The van der Waals surface area contributed by atoms with Crippen molar-refractivity contribution < 1.29 is 9.90 Å². The Morgan fingerprint density at radius 3 is 2.35 bits per heavy atom. The van der Waals surface area contributed by atoms with Crippen LogP contribution in [0.5, 0.6) is 0 Å². The maximum absolute atomic E-state index is 12.2. The van der Waals surface area contributed by atoms with Gasteiger partial charge in [0.25, 0.3) is 0 Å². The summed E-state index contributed by atoms with van der Waals surface area (Å²) in [7, 11) is 0. The molecule has 0 amide bonds. The van der Waals surface area contributed by atoms with Gasteiger partial charge >= 0.3 is 0 Å². The van der Waals surface area contributed by atoms with Crippen molar-refractivity contribution in [2.45, 2.75) is 20.3 Å². The molecule has 0 radical (unpaired) electrons. The average Bonchev–Trinajstić information content (AvgIpc) is 2.97. The number of aryl methyl sites for hydroxylation is 1. The third-order valence-corrected chi connectivity index (χ3v) is 3.73. The van der Waals surface area contributed by atoms with Gasteiger partial charge in [-0.1, -0.05) is 25.6 Å². The number of hydrogen-bond donors (Lipinski definition) is 1. The Hall–Kier alpha value is -2.95. The molecule has 23 heavy (non-hydrogen) atoms. The molecule has 0 aliphatic carbocycles. The van der Waals surface area contributed by atoms with Gasteiger partial charge in [0.15, 0.2) is 5.76 Å². The van der Waals surface area contributed by atoms with Crippen LogP contribution in [0.2, 0.25) is 0 Å². The predicted octanol–water partition coefficient (Wildman–Crippen LogP) is 3.55. The molecule has 3 aromatic rings.